The molecule has 2 aromatic carbocycles. The molecule has 0 spiro atoms. The van der Waals surface area contributed by atoms with Gasteiger partial charge in [0, 0.05) is 24.4 Å². The summed E-state index contributed by atoms with van der Waals surface area (Å²) in [6, 6.07) is 14.6. The van der Waals surface area contributed by atoms with E-state index >= 15 is 0 Å². The van der Waals surface area contributed by atoms with Crippen LogP contribution >= 0.6 is 0 Å². The zero-order valence-corrected chi connectivity index (χ0v) is 12.6. The van der Waals surface area contributed by atoms with Gasteiger partial charge in [0.1, 0.15) is 0 Å². The molecule has 0 saturated heterocycles. The minimum atomic E-state index is -0.214. The van der Waals surface area contributed by atoms with Crippen LogP contribution in [0.2, 0.25) is 0 Å². The van der Waals surface area contributed by atoms with Crippen LogP contribution in [0, 0.1) is 6.92 Å². The van der Waals surface area contributed by atoms with Crippen LogP contribution < -0.4 is 10.6 Å². The first-order valence-corrected chi connectivity index (χ1v) is 6.96. The molecule has 0 aliphatic heterocycles. The first kappa shape index (κ1) is 15.5. The van der Waals surface area contributed by atoms with Crippen LogP contribution in [0.3, 0.4) is 0 Å². The van der Waals surface area contributed by atoms with E-state index in [9.17, 15) is 9.59 Å². The quantitative estimate of drug-likeness (QED) is 0.852. The van der Waals surface area contributed by atoms with E-state index in [1.165, 1.54) is 6.08 Å². The van der Waals surface area contributed by atoms with Crippen molar-refractivity contribution in [3.8, 4) is 0 Å². The molecule has 112 valence electrons. The molecule has 0 aliphatic rings. The van der Waals surface area contributed by atoms with Crippen molar-refractivity contribution in [2.45, 2.75) is 6.92 Å². The summed E-state index contributed by atoms with van der Waals surface area (Å²) < 4.78 is 0. The first-order valence-electron chi connectivity index (χ1n) is 6.96. The molecule has 0 fully saturated rings. The lowest BCUT2D eigenvalue weighted by Gasteiger charge is -2.04. The Balaban J connectivity index is 1.98. The summed E-state index contributed by atoms with van der Waals surface area (Å²) in [4.78, 5) is 23.3. The van der Waals surface area contributed by atoms with Crippen molar-refractivity contribution in [3.63, 3.8) is 0 Å². The van der Waals surface area contributed by atoms with E-state index in [4.69, 9.17) is 0 Å². The largest absolute Gasteiger partial charge is 0.355 e. The Morgan fingerprint density at radius 1 is 1.05 bits per heavy atom. The minimum Gasteiger partial charge on any atom is -0.355 e. The van der Waals surface area contributed by atoms with Gasteiger partial charge >= 0.3 is 0 Å². The number of benzene rings is 2. The number of hydrogen-bond donors (Lipinski definition) is 2. The minimum absolute atomic E-state index is 0.155. The van der Waals surface area contributed by atoms with E-state index in [2.05, 4.69) is 10.6 Å². The Bertz CT molecular complexity index is 703. The van der Waals surface area contributed by atoms with Gasteiger partial charge in [-0.25, -0.2) is 0 Å². The lowest BCUT2D eigenvalue weighted by molar-refractivity contribution is -0.111. The lowest BCUT2D eigenvalue weighted by atomic mass is 10.1. The normalized spacial score (nSPS) is 10.5. The lowest BCUT2D eigenvalue weighted by Crippen LogP contribution is -2.17. The molecule has 2 rings (SSSR count). The molecule has 4 heteroatoms. The highest BCUT2D eigenvalue weighted by atomic mass is 16.2. The van der Waals surface area contributed by atoms with Crippen LogP contribution in [0.1, 0.15) is 21.5 Å². The number of rotatable bonds is 4. The molecule has 22 heavy (non-hydrogen) atoms. The van der Waals surface area contributed by atoms with Crippen molar-refractivity contribution in [1.82, 2.24) is 5.32 Å². The van der Waals surface area contributed by atoms with Gasteiger partial charge in [-0.05, 0) is 42.8 Å². The molecule has 0 bridgehead atoms. The second-order valence-electron chi connectivity index (χ2n) is 4.89. The molecule has 0 aromatic heterocycles. The number of amides is 2. The molecule has 0 atom stereocenters. The van der Waals surface area contributed by atoms with Crippen molar-refractivity contribution < 1.29 is 9.59 Å². The Morgan fingerprint density at radius 3 is 2.41 bits per heavy atom. The maximum absolute atomic E-state index is 11.9. The summed E-state index contributed by atoms with van der Waals surface area (Å²) in [7, 11) is 1.58. The van der Waals surface area contributed by atoms with Crippen LogP contribution in [0.25, 0.3) is 6.08 Å². The predicted octanol–water partition coefficient (Wildman–Crippen LogP) is 3.01. The first-order chi connectivity index (χ1) is 10.6. The maximum Gasteiger partial charge on any atom is 0.251 e. The smallest absolute Gasteiger partial charge is 0.251 e. The van der Waals surface area contributed by atoms with Gasteiger partial charge in [0.05, 0.1) is 0 Å². The maximum atomic E-state index is 11.9. The summed E-state index contributed by atoms with van der Waals surface area (Å²) in [5.74, 6) is -0.369. The van der Waals surface area contributed by atoms with Gasteiger partial charge in [-0.3, -0.25) is 9.59 Å². The zero-order valence-electron chi connectivity index (χ0n) is 12.6. The molecule has 0 heterocycles. The Labute approximate surface area is 129 Å². The third-order valence-corrected chi connectivity index (χ3v) is 3.11. The number of carbonyl (C=O) groups excluding carboxylic acids is 2. The number of anilines is 1. The van der Waals surface area contributed by atoms with E-state index in [1.807, 2.05) is 31.2 Å². The SMILES string of the molecule is CNC(=O)c1ccc(NC(=O)/C=C/c2cccc(C)c2)cc1. The average Bonchev–Trinajstić information content (AvgIpc) is 2.53. The topological polar surface area (TPSA) is 58.2 Å². The molecule has 4 nitrogen and oxygen atoms in total. The number of nitrogens with one attached hydrogen (secondary N) is 2. The average molecular weight is 294 g/mol. The molecular weight excluding hydrogens is 276 g/mol. The summed E-state index contributed by atoms with van der Waals surface area (Å²) in [5.41, 5.74) is 3.32. The predicted molar refractivity (Wildman–Crippen MR) is 88.7 cm³/mol. The van der Waals surface area contributed by atoms with Crippen LogP contribution in [0.4, 0.5) is 5.69 Å². The molecule has 0 saturated carbocycles. The zero-order chi connectivity index (χ0) is 15.9. The highest BCUT2D eigenvalue weighted by Gasteiger charge is 2.03. The van der Waals surface area contributed by atoms with E-state index in [-0.39, 0.29) is 11.8 Å². The van der Waals surface area contributed by atoms with Gasteiger partial charge in [-0.2, -0.15) is 0 Å². The summed E-state index contributed by atoms with van der Waals surface area (Å²) in [5, 5.41) is 5.30. The second-order valence-corrected chi connectivity index (χ2v) is 4.89. The Kier molecular flexibility index (Phi) is 5.09. The van der Waals surface area contributed by atoms with Gasteiger partial charge in [-0.15, -0.1) is 0 Å². The standard InChI is InChI=1S/C18H18N2O2/c1-13-4-3-5-14(12-13)6-11-17(21)20-16-9-7-15(8-10-16)18(22)19-2/h3-12H,1-2H3,(H,19,22)(H,20,21)/b11-6+. The van der Waals surface area contributed by atoms with E-state index in [0.717, 1.165) is 11.1 Å². The fraction of sp³-hybridized carbons (Fsp3) is 0.111. The molecule has 2 aromatic rings. The second kappa shape index (κ2) is 7.22. The highest BCUT2D eigenvalue weighted by molar-refractivity contribution is 6.02. The fourth-order valence-electron chi connectivity index (χ4n) is 1.98. The highest BCUT2D eigenvalue weighted by Crippen LogP contribution is 2.10. The van der Waals surface area contributed by atoms with Gasteiger partial charge in [-0.1, -0.05) is 29.8 Å². The molecular formula is C18H18N2O2. The fourth-order valence-corrected chi connectivity index (χ4v) is 1.98. The molecule has 0 unspecified atom stereocenters. The van der Waals surface area contributed by atoms with Crippen molar-refractivity contribution in [2.75, 3.05) is 12.4 Å². The van der Waals surface area contributed by atoms with Crippen LogP contribution in [-0.2, 0) is 4.79 Å². The number of carbonyl (C=O) groups is 2. The summed E-state index contributed by atoms with van der Waals surface area (Å²) in [6.45, 7) is 2.01. The van der Waals surface area contributed by atoms with E-state index in [1.54, 1.807) is 37.4 Å². The van der Waals surface area contributed by atoms with Crippen molar-refractivity contribution in [3.05, 3.63) is 71.3 Å². The van der Waals surface area contributed by atoms with Gasteiger partial charge in [0.25, 0.3) is 5.91 Å². The van der Waals surface area contributed by atoms with Crippen LogP contribution in [-0.4, -0.2) is 18.9 Å². The van der Waals surface area contributed by atoms with Crippen molar-refractivity contribution in [2.24, 2.45) is 0 Å². The van der Waals surface area contributed by atoms with Crippen LogP contribution in [0.5, 0.6) is 0 Å². The van der Waals surface area contributed by atoms with Gasteiger partial charge in [0.2, 0.25) is 5.91 Å². The molecule has 2 N–H and O–H groups in total. The number of hydrogen-bond acceptors (Lipinski definition) is 2. The third kappa shape index (κ3) is 4.31. The molecule has 2 amide bonds. The monoisotopic (exact) mass is 294 g/mol. The van der Waals surface area contributed by atoms with Gasteiger partial charge in [0.15, 0.2) is 0 Å². The van der Waals surface area contributed by atoms with E-state index < -0.39 is 0 Å². The summed E-state index contributed by atoms with van der Waals surface area (Å²) >= 11 is 0. The van der Waals surface area contributed by atoms with Gasteiger partial charge < -0.3 is 10.6 Å². The third-order valence-electron chi connectivity index (χ3n) is 3.11. The number of aryl methyl sites for hydroxylation is 1. The summed E-state index contributed by atoms with van der Waals surface area (Å²) in [6.07, 6.45) is 3.25. The molecule has 0 radical (unpaired) electrons. The molecule has 0 aliphatic carbocycles. The Morgan fingerprint density at radius 2 is 1.77 bits per heavy atom. The van der Waals surface area contributed by atoms with E-state index in [0.29, 0.717) is 11.3 Å². The van der Waals surface area contributed by atoms with Crippen LogP contribution in [0.15, 0.2) is 54.6 Å². The van der Waals surface area contributed by atoms with Crippen molar-refractivity contribution >= 4 is 23.6 Å². The Hall–Kier alpha value is -2.88. The van der Waals surface area contributed by atoms with Crippen molar-refractivity contribution in [1.29, 1.82) is 0 Å².